The van der Waals surface area contributed by atoms with Crippen LogP contribution >= 0.6 is 0 Å². The zero-order valence-corrected chi connectivity index (χ0v) is 11.4. The van der Waals surface area contributed by atoms with Crippen LogP contribution in [0.5, 0.6) is 5.75 Å². The first-order valence-corrected chi connectivity index (χ1v) is 6.77. The number of benzene rings is 1. The second-order valence-corrected chi connectivity index (χ2v) is 4.85. The van der Waals surface area contributed by atoms with E-state index in [1.54, 1.807) is 24.3 Å². The number of carbonyl (C=O) groups is 1. The molecule has 1 amide bonds. The number of amides is 1. The van der Waals surface area contributed by atoms with E-state index in [9.17, 15) is 14.9 Å². The summed E-state index contributed by atoms with van der Waals surface area (Å²) in [6, 6.07) is 5.78. The minimum absolute atomic E-state index is 0.139. The van der Waals surface area contributed by atoms with Crippen LogP contribution in [0.3, 0.4) is 0 Å². The Morgan fingerprint density at radius 2 is 2.10 bits per heavy atom. The summed E-state index contributed by atoms with van der Waals surface area (Å²) in [5.74, 6) is 0.592. The maximum Gasteiger partial charge on any atom is 0.237 e. The minimum Gasteiger partial charge on any atom is -0.494 e. The Bertz CT molecular complexity index is 486. The van der Waals surface area contributed by atoms with E-state index in [0.29, 0.717) is 6.61 Å². The van der Waals surface area contributed by atoms with E-state index < -0.39 is 12.1 Å². The summed E-state index contributed by atoms with van der Waals surface area (Å²) in [5.41, 5.74) is 0.739. The molecule has 0 saturated carbocycles. The molecule has 1 aromatic rings. The van der Waals surface area contributed by atoms with Crippen molar-refractivity contribution in [1.82, 2.24) is 5.32 Å². The standard InChI is InChI=1S/C14H18N2O4/c1-2-9-20-11-5-3-10(4-6-11)14-12(16(18)19)7-8-13(17)15-14/h3-6,12,14H,2,7-9H2,1H3,(H,15,17)/t12-,14+/m1/s1. The van der Waals surface area contributed by atoms with Crippen LogP contribution in [0, 0.1) is 10.1 Å². The minimum atomic E-state index is -0.768. The average Bonchev–Trinajstić information content (AvgIpc) is 2.45. The molecule has 2 atom stereocenters. The summed E-state index contributed by atoms with van der Waals surface area (Å²) in [6.07, 6.45) is 1.40. The Hall–Kier alpha value is -2.11. The molecule has 6 heteroatoms. The summed E-state index contributed by atoms with van der Waals surface area (Å²) >= 11 is 0. The molecular formula is C14H18N2O4. The average molecular weight is 278 g/mol. The summed E-state index contributed by atoms with van der Waals surface area (Å²) in [4.78, 5) is 22.2. The van der Waals surface area contributed by atoms with Crippen LogP contribution in [0.25, 0.3) is 0 Å². The first-order chi connectivity index (χ1) is 9.61. The lowest BCUT2D eigenvalue weighted by atomic mass is 9.92. The van der Waals surface area contributed by atoms with Crippen molar-refractivity contribution < 1.29 is 14.5 Å². The molecule has 0 aromatic heterocycles. The van der Waals surface area contributed by atoms with Crippen molar-refractivity contribution >= 4 is 5.91 Å². The highest BCUT2D eigenvalue weighted by atomic mass is 16.6. The van der Waals surface area contributed by atoms with E-state index in [0.717, 1.165) is 17.7 Å². The molecule has 2 rings (SSSR count). The second-order valence-electron chi connectivity index (χ2n) is 4.85. The van der Waals surface area contributed by atoms with E-state index in [4.69, 9.17) is 4.74 Å². The number of rotatable bonds is 5. The molecule has 20 heavy (non-hydrogen) atoms. The van der Waals surface area contributed by atoms with Crippen molar-refractivity contribution in [3.05, 3.63) is 39.9 Å². The molecule has 6 nitrogen and oxygen atoms in total. The SMILES string of the molecule is CCCOc1ccc([C@@H]2NC(=O)CC[C@H]2[N+](=O)[O-])cc1. The van der Waals surface area contributed by atoms with Gasteiger partial charge in [0.1, 0.15) is 11.8 Å². The van der Waals surface area contributed by atoms with Crippen molar-refractivity contribution in [3.63, 3.8) is 0 Å². The molecule has 1 fully saturated rings. The summed E-state index contributed by atoms with van der Waals surface area (Å²) < 4.78 is 5.47. The number of hydrogen-bond acceptors (Lipinski definition) is 4. The molecule has 0 unspecified atom stereocenters. The molecule has 1 aliphatic rings. The molecule has 108 valence electrons. The van der Waals surface area contributed by atoms with Crippen LogP contribution in [-0.2, 0) is 4.79 Å². The molecule has 0 bridgehead atoms. The topological polar surface area (TPSA) is 81.5 Å². The normalized spacial score (nSPS) is 22.1. The highest BCUT2D eigenvalue weighted by Gasteiger charge is 2.37. The van der Waals surface area contributed by atoms with E-state index in [2.05, 4.69) is 5.32 Å². The van der Waals surface area contributed by atoms with Crippen LogP contribution in [0.15, 0.2) is 24.3 Å². The predicted molar refractivity (Wildman–Crippen MR) is 73.1 cm³/mol. The van der Waals surface area contributed by atoms with Crippen molar-refractivity contribution in [3.8, 4) is 5.75 Å². The van der Waals surface area contributed by atoms with Crippen LogP contribution in [0.1, 0.15) is 37.8 Å². The highest BCUT2D eigenvalue weighted by Crippen LogP contribution is 2.27. The molecule has 1 saturated heterocycles. The number of nitrogens with zero attached hydrogens (tertiary/aromatic N) is 1. The first kappa shape index (κ1) is 14.3. The van der Waals surface area contributed by atoms with Gasteiger partial charge in [0.05, 0.1) is 6.61 Å². The molecule has 0 spiro atoms. The van der Waals surface area contributed by atoms with Crippen LogP contribution in [-0.4, -0.2) is 23.5 Å². The fraction of sp³-hybridized carbons (Fsp3) is 0.500. The van der Waals surface area contributed by atoms with Crippen LogP contribution in [0.4, 0.5) is 0 Å². The zero-order chi connectivity index (χ0) is 14.5. The fourth-order valence-corrected chi connectivity index (χ4v) is 2.31. The van der Waals surface area contributed by atoms with E-state index in [1.807, 2.05) is 6.92 Å². The van der Waals surface area contributed by atoms with Gasteiger partial charge in [-0.25, -0.2) is 0 Å². The van der Waals surface area contributed by atoms with Crippen molar-refractivity contribution in [2.45, 2.75) is 38.3 Å². The quantitative estimate of drug-likeness (QED) is 0.660. The van der Waals surface area contributed by atoms with Gasteiger partial charge < -0.3 is 10.1 Å². The van der Waals surface area contributed by atoms with E-state index in [-0.39, 0.29) is 23.7 Å². The van der Waals surface area contributed by atoms with Gasteiger partial charge in [0.15, 0.2) is 0 Å². The lowest BCUT2D eigenvalue weighted by Gasteiger charge is -2.26. The van der Waals surface area contributed by atoms with Crippen molar-refractivity contribution in [2.24, 2.45) is 0 Å². The summed E-state index contributed by atoms with van der Waals surface area (Å²) in [6.45, 7) is 2.66. The molecule has 1 aromatic carbocycles. The first-order valence-electron chi connectivity index (χ1n) is 6.77. The number of nitrogens with one attached hydrogen (secondary N) is 1. The van der Waals surface area contributed by atoms with Gasteiger partial charge in [-0.15, -0.1) is 0 Å². The largest absolute Gasteiger partial charge is 0.494 e. The van der Waals surface area contributed by atoms with Crippen LogP contribution in [0.2, 0.25) is 0 Å². The highest BCUT2D eigenvalue weighted by molar-refractivity contribution is 5.77. The molecule has 0 aliphatic carbocycles. The number of piperidine rings is 1. The van der Waals surface area contributed by atoms with Gasteiger partial charge in [-0.1, -0.05) is 19.1 Å². The number of nitro groups is 1. The van der Waals surface area contributed by atoms with E-state index in [1.165, 1.54) is 0 Å². The second kappa shape index (κ2) is 6.36. The van der Waals surface area contributed by atoms with Gasteiger partial charge in [-0.3, -0.25) is 14.9 Å². The number of hydrogen-bond donors (Lipinski definition) is 1. The smallest absolute Gasteiger partial charge is 0.237 e. The maximum absolute atomic E-state index is 11.5. The van der Waals surface area contributed by atoms with Crippen molar-refractivity contribution in [2.75, 3.05) is 6.61 Å². The van der Waals surface area contributed by atoms with Gasteiger partial charge in [-0.2, -0.15) is 0 Å². The van der Waals surface area contributed by atoms with Gasteiger partial charge in [0.2, 0.25) is 11.9 Å². The van der Waals surface area contributed by atoms with Gasteiger partial charge >= 0.3 is 0 Å². The Morgan fingerprint density at radius 3 is 2.70 bits per heavy atom. The number of carbonyl (C=O) groups excluding carboxylic acids is 1. The van der Waals surface area contributed by atoms with Crippen molar-refractivity contribution in [1.29, 1.82) is 0 Å². The Labute approximate surface area is 117 Å². The maximum atomic E-state index is 11.5. The molecule has 1 aliphatic heterocycles. The lowest BCUT2D eigenvalue weighted by Crippen LogP contribution is -2.45. The Kier molecular flexibility index (Phi) is 4.55. The predicted octanol–water partition coefficient (Wildman–Crippen LogP) is 2.07. The monoisotopic (exact) mass is 278 g/mol. The van der Waals surface area contributed by atoms with Gasteiger partial charge in [0.25, 0.3) is 0 Å². The number of ether oxygens (including phenoxy) is 1. The summed E-state index contributed by atoms with van der Waals surface area (Å²) in [5, 5.41) is 13.8. The van der Waals surface area contributed by atoms with Gasteiger partial charge in [0, 0.05) is 17.8 Å². The third-order valence-corrected chi connectivity index (χ3v) is 3.35. The zero-order valence-electron chi connectivity index (χ0n) is 11.4. The van der Waals surface area contributed by atoms with Gasteiger partial charge in [-0.05, 0) is 24.1 Å². The van der Waals surface area contributed by atoms with Crippen LogP contribution < -0.4 is 10.1 Å². The fourth-order valence-electron chi connectivity index (χ4n) is 2.31. The third-order valence-electron chi connectivity index (χ3n) is 3.35. The Balaban J connectivity index is 2.14. The Morgan fingerprint density at radius 1 is 1.40 bits per heavy atom. The molecular weight excluding hydrogens is 260 g/mol. The molecule has 0 radical (unpaired) electrons. The molecule has 1 N–H and O–H groups in total. The summed E-state index contributed by atoms with van der Waals surface area (Å²) in [7, 11) is 0. The third kappa shape index (κ3) is 3.26. The molecule has 1 heterocycles. The lowest BCUT2D eigenvalue weighted by molar-refractivity contribution is -0.529. The van der Waals surface area contributed by atoms with E-state index >= 15 is 0 Å².